The third kappa shape index (κ3) is 2.41. The van der Waals surface area contributed by atoms with Crippen molar-refractivity contribution < 1.29 is 0 Å². The zero-order valence-corrected chi connectivity index (χ0v) is 8.95. The van der Waals surface area contributed by atoms with Crippen molar-refractivity contribution in [3.8, 4) is 5.69 Å². The molecule has 1 aromatic carbocycles. The van der Waals surface area contributed by atoms with Crippen molar-refractivity contribution in [2.45, 2.75) is 6.42 Å². The molecule has 1 heterocycles. The summed E-state index contributed by atoms with van der Waals surface area (Å²) in [6, 6.07) is 9.92. The highest BCUT2D eigenvalue weighted by Gasteiger charge is 2.01. The summed E-state index contributed by atoms with van der Waals surface area (Å²) in [5, 5.41) is 4.24. The van der Waals surface area contributed by atoms with Crippen LogP contribution in [0.4, 0.5) is 0 Å². The molecule has 15 heavy (non-hydrogen) atoms. The summed E-state index contributed by atoms with van der Waals surface area (Å²) in [5.74, 6) is 0. The molecule has 2 aromatic rings. The summed E-state index contributed by atoms with van der Waals surface area (Å²) in [4.78, 5) is 0.489. The first-order valence-electron chi connectivity index (χ1n) is 4.63. The van der Waals surface area contributed by atoms with Crippen LogP contribution in [0.1, 0.15) is 5.56 Å². The number of para-hydroxylation sites is 1. The van der Waals surface area contributed by atoms with Crippen molar-refractivity contribution in [3.05, 3.63) is 48.3 Å². The molecular formula is C11H11N3S. The van der Waals surface area contributed by atoms with Gasteiger partial charge >= 0.3 is 0 Å². The van der Waals surface area contributed by atoms with Crippen LogP contribution in [0.3, 0.4) is 0 Å². The second-order valence-corrected chi connectivity index (χ2v) is 3.80. The largest absolute Gasteiger partial charge is 0.393 e. The molecular weight excluding hydrogens is 206 g/mol. The number of benzene rings is 1. The molecule has 0 saturated heterocycles. The van der Waals surface area contributed by atoms with Crippen molar-refractivity contribution in [1.82, 2.24) is 9.78 Å². The lowest BCUT2D eigenvalue weighted by atomic mass is 10.2. The van der Waals surface area contributed by atoms with E-state index in [1.165, 1.54) is 0 Å². The van der Waals surface area contributed by atoms with Gasteiger partial charge in [0, 0.05) is 12.6 Å². The number of nitrogens with zero attached hydrogens (tertiary/aromatic N) is 2. The molecule has 2 N–H and O–H groups in total. The Hall–Kier alpha value is -1.68. The van der Waals surface area contributed by atoms with Crippen LogP contribution in [0.15, 0.2) is 42.7 Å². The molecule has 0 saturated carbocycles. The fourth-order valence-electron chi connectivity index (χ4n) is 1.37. The Labute approximate surface area is 93.5 Å². The second kappa shape index (κ2) is 4.23. The summed E-state index contributed by atoms with van der Waals surface area (Å²) in [6.07, 6.45) is 4.32. The van der Waals surface area contributed by atoms with E-state index in [0.29, 0.717) is 11.4 Å². The Balaban J connectivity index is 2.24. The molecule has 0 amide bonds. The first-order chi connectivity index (χ1) is 7.25. The van der Waals surface area contributed by atoms with Crippen LogP contribution in [0.2, 0.25) is 0 Å². The molecule has 0 aliphatic rings. The van der Waals surface area contributed by atoms with Gasteiger partial charge in [-0.25, -0.2) is 4.68 Å². The monoisotopic (exact) mass is 217 g/mol. The molecule has 0 fully saturated rings. The molecule has 2 rings (SSSR count). The lowest BCUT2D eigenvalue weighted by Crippen LogP contribution is -2.10. The lowest BCUT2D eigenvalue weighted by molar-refractivity contribution is 0.880. The van der Waals surface area contributed by atoms with Crippen molar-refractivity contribution in [2.24, 2.45) is 5.73 Å². The van der Waals surface area contributed by atoms with Gasteiger partial charge in [-0.2, -0.15) is 5.10 Å². The van der Waals surface area contributed by atoms with Gasteiger partial charge in [-0.15, -0.1) is 0 Å². The SMILES string of the molecule is NC(=S)Cc1cnn(-c2ccccc2)c1. The third-order valence-electron chi connectivity index (χ3n) is 2.04. The summed E-state index contributed by atoms with van der Waals surface area (Å²) in [7, 11) is 0. The molecule has 0 atom stereocenters. The Morgan fingerprint density at radius 3 is 2.73 bits per heavy atom. The van der Waals surface area contributed by atoms with E-state index in [-0.39, 0.29) is 0 Å². The van der Waals surface area contributed by atoms with E-state index < -0.39 is 0 Å². The number of rotatable bonds is 3. The van der Waals surface area contributed by atoms with E-state index in [4.69, 9.17) is 18.0 Å². The third-order valence-corrected chi connectivity index (χ3v) is 2.18. The van der Waals surface area contributed by atoms with E-state index in [9.17, 15) is 0 Å². The van der Waals surface area contributed by atoms with Crippen LogP contribution < -0.4 is 5.73 Å². The van der Waals surface area contributed by atoms with Crippen LogP contribution in [-0.2, 0) is 6.42 Å². The minimum absolute atomic E-state index is 0.489. The molecule has 0 bridgehead atoms. The molecule has 0 spiro atoms. The average molecular weight is 217 g/mol. The van der Waals surface area contributed by atoms with Crippen LogP contribution in [-0.4, -0.2) is 14.8 Å². The second-order valence-electron chi connectivity index (χ2n) is 3.27. The molecule has 76 valence electrons. The van der Waals surface area contributed by atoms with Crippen LogP contribution in [0, 0.1) is 0 Å². The number of thiocarbonyl (C=S) groups is 1. The smallest absolute Gasteiger partial charge is 0.0772 e. The van der Waals surface area contributed by atoms with Gasteiger partial charge in [0.05, 0.1) is 16.9 Å². The quantitative estimate of drug-likeness (QED) is 0.796. The Morgan fingerprint density at radius 1 is 1.33 bits per heavy atom. The van der Waals surface area contributed by atoms with Gasteiger partial charge in [0.1, 0.15) is 0 Å². The Kier molecular flexibility index (Phi) is 2.78. The van der Waals surface area contributed by atoms with E-state index in [1.54, 1.807) is 6.20 Å². The lowest BCUT2D eigenvalue weighted by Gasteiger charge is -1.98. The fourth-order valence-corrected chi connectivity index (χ4v) is 1.54. The topological polar surface area (TPSA) is 43.8 Å². The predicted molar refractivity (Wildman–Crippen MR) is 64.1 cm³/mol. The fraction of sp³-hybridized carbons (Fsp3) is 0.0909. The molecule has 0 aliphatic carbocycles. The predicted octanol–water partition coefficient (Wildman–Crippen LogP) is 1.70. The van der Waals surface area contributed by atoms with E-state index >= 15 is 0 Å². The zero-order valence-electron chi connectivity index (χ0n) is 8.13. The van der Waals surface area contributed by atoms with Crippen molar-refractivity contribution >= 4 is 17.2 Å². The minimum atomic E-state index is 0.489. The van der Waals surface area contributed by atoms with Crippen molar-refractivity contribution in [1.29, 1.82) is 0 Å². The van der Waals surface area contributed by atoms with Gasteiger partial charge in [-0.05, 0) is 17.7 Å². The minimum Gasteiger partial charge on any atom is -0.393 e. The van der Waals surface area contributed by atoms with Crippen LogP contribution in [0.5, 0.6) is 0 Å². The van der Waals surface area contributed by atoms with Crippen molar-refractivity contribution in [3.63, 3.8) is 0 Å². The zero-order chi connectivity index (χ0) is 10.7. The molecule has 3 nitrogen and oxygen atoms in total. The van der Waals surface area contributed by atoms with Crippen LogP contribution >= 0.6 is 12.2 Å². The maximum Gasteiger partial charge on any atom is 0.0772 e. The van der Waals surface area contributed by atoms with E-state index in [0.717, 1.165) is 11.3 Å². The van der Waals surface area contributed by atoms with Gasteiger partial charge in [0.2, 0.25) is 0 Å². The van der Waals surface area contributed by atoms with E-state index in [1.807, 2.05) is 41.2 Å². The van der Waals surface area contributed by atoms with E-state index in [2.05, 4.69) is 5.10 Å². The summed E-state index contributed by atoms with van der Waals surface area (Å²) < 4.78 is 1.81. The molecule has 0 radical (unpaired) electrons. The molecule has 1 aromatic heterocycles. The summed E-state index contributed by atoms with van der Waals surface area (Å²) in [6.45, 7) is 0. The molecule has 0 aliphatic heterocycles. The normalized spacial score (nSPS) is 10.1. The van der Waals surface area contributed by atoms with Gasteiger partial charge in [-0.3, -0.25) is 0 Å². The Bertz CT molecular complexity index is 462. The number of hydrogen-bond acceptors (Lipinski definition) is 2. The average Bonchev–Trinajstić information content (AvgIpc) is 2.67. The van der Waals surface area contributed by atoms with Gasteiger partial charge in [0.25, 0.3) is 0 Å². The standard InChI is InChI=1S/C11H11N3S/c12-11(15)6-9-7-13-14(8-9)10-4-2-1-3-5-10/h1-5,7-8H,6H2,(H2,12,15). The highest BCUT2D eigenvalue weighted by atomic mass is 32.1. The van der Waals surface area contributed by atoms with Crippen molar-refractivity contribution in [2.75, 3.05) is 0 Å². The highest BCUT2D eigenvalue weighted by Crippen LogP contribution is 2.07. The highest BCUT2D eigenvalue weighted by molar-refractivity contribution is 7.80. The number of nitrogens with two attached hydrogens (primary N) is 1. The molecule has 4 heteroatoms. The van der Waals surface area contributed by atoms with Gasteiger partial charge in [-0.1, -0.05) is 30.4 Å². The van der Waals surface area contributed by atoms with Gasteiger partial charge in [0.15, 0.2) is 0 Å². The van der Waals surface area contributed by atoms with Crippen LogP contribution in [0.25, 0.3) is 5.69 Å². The summed E-state index contributed by atoms with van der Waals surface area (Å²) in [5.41, 5.74) is 7.53. The Morgan fingerprint density at radius 2 is 2.07 bits per heavy atom. The first kappa shape index (κ1) is 9.86. The van der Waals surface area contributed by atoms with Gasteiger partial charge < -0.3 is 5.73 Å². The maximum absolute atomic E-state index is 5.47. The molecule has 0 unspecified atom stereocenters. The number of hydrogen-bond donors (Lipinski definition) is 1. The maximum atomic E-state index is 5.47. The summed E-state index contributed by atoms with van der Waals surface area (Å²) >= 11 is 4.84. The number of aromatic nitrogens is 2. The first-order valence-corrected chi connectivity index (χ1v) is 5.04.